The summed E-state index contributed by atoms with van der Waals surface area (Å²) in [5.74, 6) is -0.749. The van der Waals surface area contributed by atoms with Crippen molar-refractivity contribution in [3.63, 3.8) is 0 Å². The van der Waals surface area contributed by atoms with Crippen molar-refractivity contribution in [1.29, 1.82) is 0 Å². The average Bonchev–Trinajstić information content (AvgIpc) is 2.76. The Morgan fingerprint density at radius 3 is 1.38 bits per heavy atom. The second-order valence-corrected chi connectivity index (χ2v) is 7.00. The van der Waals surface area contributed by atoms with Gasteiger partial charge in [0.2, 0.25) is 0 Å². The predicted molar refractivity (Wildman–Crippen MR) is 121 cm³/mol. The summed E-state index contributed by atoms with van der Waals surface area (Å²) in [6, 6.07) is 2.84. The molecule has 32 heavy (non-hydrogen) atoms. The van der Waals surface area contributed by atoms with Gasteiger partial charge in [-0.25, -0.2) is 0 Å². The molecule has 0 heterocycles. The van der Waals surface area contributed by atoms with E-state index in [4.69, 9.17) is 41.9 Å². The van der Waals surface area contributed by atoms with Crippen LogP contribution in [-0.2, 0) is 9.47 Å². The van der Waals surface area contributed by atoms with Gasteiger partial charge in [0.05, 0.1) is 46.8 Å². The summed E-state index contributed by atoms with van der Waals surface area (Å²) in [5, 5.41) is 0. The largest absolute Gasteiger partial charge is 0.489 e. The molecule has 2 aromatic rings. The number of hydrogen-bond acceptors (Lipinski definition) is 10. The second kappa shape index (κ2) is 9.75. The van der Waals surface area contributed by atoms with E-state index < -0.39 is 11.6 Å². The highest BCUT2D eigenvalue weighted by atomic mass is 16.5. The molecule has 0 unspecified atom stereocenters. The zero-order valence-electron chi connectivity index (χ0n) is 18.2. The highest BCUT2D eigenvalue weighted by molar-refractivity contribution is 6.35. The van der Waals surface area contributed by atoms with Gasteiger partial charge in [-0.05, 0) is 13.8 Å². The minimum Gasteiger partial charge on any atom is -0.489 e. The third-order valence-electron chi connectivity index (χ3n) is 5.01. The van der Waals surface area contributed by atoms with E-state index in [1.54, 1.807) is 0 Å². The first kappa shape index (κ1) is 23.2. The summed E-state index contributed by atoms with van der Waals surface area (Å²) in [4.78, 5) is 26.7. The molecule has 8 N–H and O–H groups in total. The maximum atomic E-state index is 13.5. The van der Waals surface area contributed by atoms with Crippen LogP contribution in [0.1, 0.15) is 45.7 Å². The summed E-state index contributed by atoms with van der Waals surface area (Å²) < 4.78 is 21.7. The van der Waals surface area contributed by atoms with Crippen LogP contribution in [-0.4, -0.2) is 51.2 Å². The summed E-state index contributed by atoms with van der Waals surface area (Å²) in [7, 11) is 0. The van der Waals surface area contributed by atoms with E-state index in [2.05, 4.69) is 0 Å². The van der Waals surface area contributed by atoms with Crippen LogP contribution < -0.4 is 32.4 Å². The lowest BCUT2D eigenvalue weighted by molar-refractivity contribution is 0.0978. The van der Waals surface area contributed by atoms with Crippen LogP contribution in [0.2, 0.25) is 0 Å². The molecule has 0 saturated carbocycles. The fraction of sp³-hybridized carbons (Fsp3) is 0.364. The average molecular weight is 444 g/mol. The molecular weight excluding hydrogens is 416 g/mol. The van der Waals surface area contributed by atoms with Gasteiger partial charge in [0.1, 0.15) is 24.7 Å². The second-order valence-electron chi connectivity index (χ2n) is 7.00. The molecule has 0 aromatic heterocycles. The van der Waals surface area contributed by atoms with E-state index in [0.29, 0.717) is 26.4 Å². The number of nitrogens with two attached hydrogens (primary N) is 4. The SMILES string of the molecule is CCOCCOc1cc(N)c2c(c1N)C(=O)c1c(N)c(OCCOCC)cc(N)c1C2=O. The summed E-state index contributed by atoms with van der Waals surface area (Å²) in [6.45, 7) is 5.83. The van der Waals surface area contributed by atoms with Crippen LogP contribution >= 0.6 is 0 Å². The number of benzene rings is 2. The number of anilines is 4. The van der Waals surface area contributed by atoms with E-state index in [1.807, 2.05) is 13.8 Å². The van der Waals surface area contributed by atoms with Crippen LogP contribution in [0, 0.1) is 0 Å². The van der Waals surface area contributed by atoms with E-state index in [0.717, 1.165) is 0 Å². The van der Waals surface area contributed by atoms with Crippen molar-refractivity contribution in [1.82, 2.24) is 0 Å². The number of ether oxygens (including phenoxy) is 4. The Hall–Kier alpha value is -3.50. The van der Waals surface area contributed by atoms with E-state index in [9.17, 15) is 9.59 Å². The Morgan fingerprint density at radius 1 is 0.625 bits per heavy atom. The molecule has 0 radical (unpaired) electrons. The summed E-state index contributed by atoms with van der Waals surface area (Å²) in [5.41, 5.74) is 24.6. The predicted octanol–water partition coefficient (Wildman–Crippen LogP) is 1.62. The van der Waals surface area contributed by atoms with Crippen molar-refractivity contribution in [2.45, 2.75) is 13.8 Å². The fourth-order valence-corrected chi connectivity index (χ4v) is 3.55. The lowest BCUT2D eigenvalue weighted by atomic mass is 9.80. The number of nitrogen functional groups attached to an aromatic ring is 4. The van der Waals surface area contributed by atoms with Crippen molar-refractivity contribution >= 4 is 34.3 Å². The van der Waals surface area contributed by atoms with Crippen molar-refractivity contribution in [2.24, 2.45) is 0 Å². The van der Waals surface area contributed by atoms with Gasteiger partial charge in [-0.1, -0.05) is 0 Å². The Kier molecular flexibility index (Phi) is 7.06. The summed E-state index contributed by atoms with van der Waals surface area (Å²) in [6.07, 6.45) is 0. The normalized spacial score (nSPS) is 12.4. The highest BCUT2D eigenvalue weighted by Crippen LogP contribution is 2.44. The molecule has 0 aliphatic heterocycles. The molecule has 10 nitrogen and oxygen atoms in total. The molecule has 0 atom stereocenters. The van der Waals surface area contributed by atoms with Gasteiger partial charge < -0.3 is 41.9 Å². The van der Waals surface area contributed by atoms with E-state index in [-0.39, 0.29) is 69.7 Å². The van der Waals surface area contributed by atoms with Crippen molar-refractivity contribution in [3.8, 4) is 11.5 Å². The highest BCUT2D eigenvalue weighted by Gasteiger charge is 2.38. The third kappa shape index (κ3) is 4.14. The van der Waals surface area contributed by atoms with Crippen LogP contribution in [0.5, 0.6) is 11.5 Å². The number of ketones is 2. The Morgan fingerprint density at radius 2 is 1.00 bits per heavy atom. The lowest BCUT2D eigenvalue weighted by Crippen LogP contribution is -2.27. The van der Waals surface area contributed by atoms with Crippen molar-refractivity contribution in [3.05, 3.63) is 34.4 Å². The first-order valence-corrected chi connectivity index (χ1v) is 10.3. The molecule has 10 heteroatoms. The van der Waals surface area contributed by atoms with E-state index >= 15 is 0 Å². The maximum absolute atomic E-state index is 13.5. The monoisotopic (exact) mass is 444 g/mol. The minimum absolute atomic E-state index is 0.00432. The van der Waals surface area contributed by atoms with Crippen LogP contribution in [0.3, 0.4) is 0 Å². The number of rotatable bonds is 10. The van der Waals surface area contributed by atoms with Gasteiger partial charge in [0, 0.05) is 36.7 Å². The molecule has 2 aromatic carbocycles. The first-order valence-electron chi connectivity index (χ1n) is 10.3. The Bertz CT molecular complexity index is 974. The molecule has 1 aliphatic rings. The topological polar surface area (TPSA) is 175 Å². The van der Waals surface area contributed by atoms with Gasteiger partial charge in [0.15, 0.2) is 11.6 Å². The first-order chi connectivity index (χ1) is 15.3. The standard InChI is InChI=1S/C22H28N4O6/c1-3-29-5-7-31-13-9-11(23)15-17(19(13)25)22(28)18-16(21(15)27)12(24)10-14(20(18)26)32-8-6-30-4-2/h9-10H,3-8,23-26H2,1-2H3. The fourth-order valence-electron chi connectivity index (χ4n) is 3.55. The van der Waals surface area contributed by atoms with Gasteiger partial charge in [-0.2, -0.15) is 0 Å². The smallest absolute Gasteiger partial charge is 0.199 e. The van der Waals surface area contributed by atoms with Gasteiger partial charge >= 0.3 is 0 Å². The molecule has 172 valence electrons. The van der Waals surface area contributed by atoms with Crippen LogP contribution in [0.4, 0.5) is 22.7 Å². The molecule has 1 aliphatic carbocycles. The number of carbonyl (C=O) groups is 2. The number of carbonyl (C=O) groups excluding carboxylic acids is 2. The van der Waals surface area contributed by atoms with Crippen molar-refractivity contribution in [2.75, 3.05) is 62.6 Å². The zero-order chi connectivity index (χ0) is 23.4. The number of fused-ring (bicyclic) bond motifs is 2. The quantitative estimate of drug-likeness (QED) is 0.265. The molecular formula is C22H28N4O6. The molecule has 3 rings (SSSR count). The molecule has 0 bridgehead atoms. The summed E-state index contributed by atoms with van der Waals surface area (Å²) >= 11 is 0. The molecule has 0 spiro atoms. The molecule has 0 saturated heterocycles. The van der Waals surface area contributed by atoms with Gasteiger partial charge in [-0.3, -0.25) is 9.59 Å². The maximum Gasteiger partial charge on any atom is 0.199 e. The molecule has 0 amide bonds. The Labute approximate surface area is 185 Å². The van der Waals surface area contributed by atoms with Crippen LogP contribution in [0.25, 0.3) is 0 Å². The zero-order valence-corrected chi connectivity index (χ0v) is 18.2. The van der Waals surface area contributed by atoms with Gasteiger partial charge in [0.25, 0.3) is 0 Å². The van der Waals surface area contributed by atoms with Gasteiger partial charge in [-0.15, -0.1) is 0 Å². The third-order valence-corrected chi connectivity index (χ3v) is 5.01. The van der Waals surface area contributed by atoms with E-state index in [1.165, 1.54) is 12.1 Å². The molecule has 0 fully saturated rings. The number of hydrogen-bond donors (Lipinski definition) is 4. The Balaban J connectivity index is 2.04. The van der Waals surface area contributed by atoms with Crippen molar-refractivity contribution < 1.29 is 28.5 Å². The lowest BCUT2D eigenvalue weighted by Gasteiger charge is -2.25. The minimum atomic E-state index is -0.575. The van der Waals surface area contributed by atoms with Crippen LogP contribution in [0.15, 0.2) is 12.1 Å².